The molecule has 2 aromatic carbocycles. The van der Waals surface area contributed by atoms with Gasteiger partial charge >= 0.3 is 5.69 Å². The molecule has 5 nitrogen and oxygen atoms in total. The molecule has 0 saturated heterocycles. The summed E-state index contributed by atoms with van der Waals surface area (Å²) in [6, 6.07) is 9.64. The smallest absolute Gasteiger partial charge is 0.312 e. The van der Waals surface area contributed by atoms with Crippen molar-refractivity contribution in [3.8, 4) is 11.5 Å². The molecule has 7 heteroatoms. The van der Waals surface area contributed by atoms with E-state index in [0.29, 0.717) is 14.7 Å². The van der Waals surface area contributed by atoms with E-state index >= 15 is 0 Å². The van der Waals surface area contributed by atoms with Crippen molar-refractivity contribution >= 4 is 37.5 Å². The fourth-order valence-corrected chi connectivity index (χ4v) is 2.52. The fourth-order valence-electron chi connectivity index (χ4n) is 1.70. The first-order chi connectivity index (χ1) is 9.88. The Morgan fingerprint density at radius 2 is 1.86 bits per heavy atom. The molecule has 0 aromatic heterocycles. The average Bonchev–Trinajstić information content (AvgIpc) is 2.42. The van der Waals surface area contributed by atoms with Gasteiger partial charge in [0.2, 0.25) is 5.75 Å². The summed E-state index contributed by atoms with van der Waals surface area (Å²) in [5.74, 6) is 0.582. The van der Waals surface area contributed by atoms with Gasteiger partial charge in [0.05, 0.1) is 15.5 Å². The Kier molecular flexibility index (Phi) is 4.97. The van der Waals surface area contributed by atoms with Gasteiger partial charge in [-0.15, -0.1) is 0 Å². The van der Waals surface area contributed by atoms with Crippen LogP contribution in [0.25, 0.3) is 0 Å². The predicted octanol–water partition coefficient (Wildman–Crippen LogP) is 4.97. The molecule has 0 amide bonds. The number of nitro benzene ring substituents is 1. The van der Waals surface area contributed by atoms with E-state index in [9.17, 15) is 15.2 Å². The molecule has 0 heterocycles. The zero-order valence-corrected chi connectivity index (χ0v) is 14.1. The third kappa shape index (κ3) is 3.81. The van der Waals surface area contributed by atoms with Crippen LogP contribution in [-0.2, 0) is 0 Å². The molecule has 0 aliphatic heterocycles. The summed E-state index contributed by atoms with van der Waals surface area (Å²) in [7, 11) is 0. The monoisotopic (exact) mass is 415 g/mol. The van der Waals surface area contributed by atoms with Crippen LogP contribution in [0.1, 0.15) is 18.6 Å². The SMILES string of the molecule is CC(O)c1ccc(Oc2ccc(Br)cc2[N+](=O)[O-])c(Br)c1. The number of benzene rings is 2. The summed E-state index contributed by atoms with van der Waals surface area (Å²) in [6.07, 6.45) is -0.600. The number of halogens is 2. The normalized spacial score (nSPS) is 12.0. The van der Waals surface area contributed by atoms with Crippen LogP contribution in [0.3, 0.4) is 0 Å². The highest BCUT2D eigenvalue weighted by Crippen LogP contribution is 2.37. The van der Waals surface area contributed by atoms with E-state index in [0.717, 1.165) is 5.56 Å². The van der Waals surface area contributed by atoms with Gasteiger partial charge in [0.15, 0.2) is 0 Å². The largest absolute Gasteiger partial charge is 0.449 e. The summed E-state index contributed by atoms with van der Waals surface area (Å²) >= 11 is 6.53. The molecule has 0 aliphatic carbocycles. The molecule has 1 unspecified atom stereocenters. The number of nitrogens with zero attached hydrogens (tertiary/aromatic N) is 1. The van der Waals surface area contributed by atoms with Crippen molar-refractivity contribution in [2.75, 3.05) is 0 Å². The Morgan fingerprint density at radius 3 is 2.43 bits per heavy atom. The van der Waals surface area contributed by atoms with Gasteiger partial charge in [-0.25, -0.2) is 0 Å². The lowest BCUT2D eigenvalue weighted by molar-refractivity contribution is -0.385. The highest BCUT2D eigenvalue weighted by molar-refractivity contribution is 9.10. The van der Waals surface area contributed by atoms with Gasteiger partial charge in [0.25, 0.3) is 0 Å². The van der Waals surface area contributed by atoms with Gasteiger partial charge in [-0.05, 0) is 52.7 Å². The van der Waals surface area contributed by atoms with Crippen molar-refractivity contribution < 1.29 is 14.8 Å². The first kappa shape index (κ1) is 15.9. The van der Waals surface area contributed by atoms with E-state index in [1.807, 2.05) is 0 Å². The van der Waals surface area contributed by atoms with Crippen LogP contribution in [0.5, 0.6) is 11.5 Å². The molecule has 1 atom stereocenters. The van der Waals surface area contributed by atoms with Crippen LogP contribution in [0.15, 0.2) is 45.3 Å². The predicted molar refractivity (Wildman–Crippen MR) is 85.6 cm³/mol. The van der Waals surface area contributed by atoms with Gasteiger partial charge in [0.1, 0.15) is 5.75 Å². The second kappa shape index (κ2) is 6.55. The van der Waals surface area contributed by atoms with Crippen molar-refractivity contribution in [1.29, 1.82) is 0 Å². The zero-order chi connectivity index (χ0) is 15.6. The minimum Gasteiger partial charge on any atom is -0.449 e. The Hall–Kier alpha value is -1.44. The third-order valence-corrected chi connectivity index (χ3v) is 3.89. The molecule has 2 aromatic rings. The maximum atomic E-state index is 11.1. The minimum absolute atomic E-state index is 0.129. The molecule has 0 saturated carbocycles. The molecule has 0 spiro atoms. The molecule has 1 N–H and O–H groups in total. The molecule has 110 valence electrons. The van der Waals surface area contributed by atoms with Crippen LogP contribution >= 0.6 is 31.9 Å². The molecule has 21 heavy (non-hydrogen) atoms. The topological polar surface area (TPSA) is 72.6 Å². The first-order valence-corrected chi connectivity index (χ1v) is 7.56. The number of rotatable bonds is 4. The van der Waals surface area contributed by atoms with E-state index < -0.39 is 11.0 Å². The van der Waals surface area contributed by atoms with Crippen molar-refractivity contribution in [1.82, 2.24) is 0 Å². The van der Waals surface area contributed by atoms with Crippen LogP contribution < -0.4 is 4.74 Å². The maximum absolute atomic E-state index is 11.1. The molecule has 0 aliphatic rings. The van der Waals surface area contributed by atoms with E-state index in [2.05, 4.69) is 31.9 Å². The molecule has 0 radical (unpaired) electrons. The van der Waals surface area contributed by atoms with Crippen LogP contribution in [0.4, 0.5) is 5.69 Å². The number of hydrogen-bond acceptors (Lipinski definition) is 4. The van der Waals surface area contributed by atoms with Crippen molar-refractivity contribution in [2.24, 2.45) is 0 Å². The Balaban J connectivity index is 2.37. The maximum Gasteiger partial charge on any atom is 0.312 e. The summed E-state index contributed by atoms with van der Waals surface area (Å²) < 4.78 is 6.81. The van der Waals surface area contributed by atoms with Gasteiger partial charge < -0.3 is 9.84 Å². The van der Waals surface area contributed by atoms with Crippen LogP contribution in [0.2, 0.25) is 0 Å². The number of aliphatic hydroxyl groups excluding tert-OH is 1. The lowest BCUT2D eigenvalue weighted by atomic mass is 10.1. The summed E-state index contributed by atoms with van der Waals surface area (Å²) in [5.41, 5.74) is 0.593. The molecular formula is C14H11Br2NO4. The van der Waals surface area contributed by atoms with Gasteiger partial charge in [-0.3, -0.25) is 10.1 Å². The summed E-state index contributed by atoms with van der Waals surface area (Å²) in [4.78, 5) is 10.6. The number of aliphatic hydroxyl groups is 1. The summed E-state index contributed by atoms with van der Waals surface area (Å²) in [6.45, 7) is 1.65. The molecule has 0 bridgehead atoms. The second-order valence-electron chi connectivity index (χ2n) is 4.34. The fraction of sp³-hybridized carbons (Fsp3) is 0.143. The summed E-state index contributed by atoms with van der Waals surface area (Å²) in [5, 5.41) is 20.6. The lowest BCUT2D eigenvalue weighted by Gasteiger charge is -2.11. The second-order valence-corrected chi connectivity index (χ2v) is 6.11. The highest BCUT2D eigenvalue weighted by atomic mass is 79.9. The molecule has 2 rings (SSSR count). The van der Waals surface area contributed by atoms with Crippen molar-refractivity contribution in [2.45, 2.75) is 13.0 Å². The Morgan fingerprint density at radius 1 is 1.19 bits per heavy atom. The van der Waals surface area contributed by atoms with Gasteiger partial charge in [-0.1, -0.05) is 22.0 Å². The van der Waals surface area contributed by atoms with Crippen LogP contribution in [-0.4, -0.2) is 10.0 Å². The van der Waals surface area contributed by atoms with Crippen molar-refractivity contribution in [3.05, 3.63) is 61.0 Å². The standard InChI is InChI=1S/C14H11Br2NO4/c1-8(18)9-2-4-13(11(16)6-9)21-14-5-3-10(15)7-12(14)17(19)20/h2-8,18H,1H3. The zero-order valence-electron chi connectivity index (χ0n) is 10.9. The first-order valence-electron chi connectivity index (χ1n) is 5.98. The highest BCUT2D eigenvalue weighted by Gasteiger charge is 2.17. The molecule has 0 fully saturated rings. The van der Waals surface area contributed by atoms with E-state index in [4.69, 9.17) is 4.74 Å². The lowest BCUT2D eigenvalue weighted by Crippen LogP contribution is -1.95. The Labute approximate surface area is 138 Å². The number of ether oxygens (including phenoxy) is 1. The third-order valence-electron chi connectivity index (χ3n) is 2.78. The van der Waals surface area contributed by atoms with Crippen LogP contribution in [0, 0.1) is 10.1 Å². The molecular weight excluding hydrogens is 406 g/mol. The van der Waals surface area contributed by atoms with Gasteiger partial charge in [0, 0.05) is 10.5 Å². The number of nitro groups is 1. The van der Waals surface area contributed by atoms with E-state index in [-0.39, 0.29) is 11.4 Å². The van der Waals surface area contributed by atoms with E-state index in [1.165, 1.54) is 12.1 Å². The number of hydrogen-bond donors (Lipinski definition) is 1. The average molecular weight is 417 g/mol. The van der Waals surface area contributed by atoms with Gasteiger partial charge in [-0.2, -0.15) is 0 Å². The minimum atomic E-state index is -0.600. The van der Waals surface area contributed by atoms with E-state index in [1.54, 1.807) is 31.2 Å². The quantitative estimate of drug-likeness (QED) is 0.564. The Bertz CT molecular complexity index is 689. The van der Waals surface area contributed by atoms with Crippen molar-refractivity contribution in [3.63, 3.8) is 0 Å².